The van der Waals surface area contributed by atoms with Crippen molar-refractivity contribution in [3.8, 4) is 5.88 Å². The number of carbonyl (C=O) groups is 2. The van der Waals surface area contributed by atoms with E-state index < -0.39 is 17.9 Å². The Kier molecular flexibility index (Phi) is 7.57. The molecule has 1 N–H and O–H groups in total. The van der Waals surface area contributed by atoms with Crippen molar-refractivity contribution < 1.29 is 23.8 Å². The number of benzene rings is 1. The molecule has 0 bridgehead atoms. The number of nitrogens with zero attached hydrogens (tertiary/aromatic N) is 1. The van der Waals surface area contributed by atoms with Gasteiger partial charge in [-0.05, 0) is 11.6 Å². The first-order chi connectivity index (χ1) is 12.6. The molecule has 1 aromatic heterocycles. The molecule has 1 atom stereocenters. The summed E-state index contributed by atoms with van der Waals surface area (Å²) in [5.74, 6) is -0.553. The molecular weight excluding hydrogens is 336 g/mol. The van der Waals surface area contributed by atoms with Crippen molar-refractivity contribution in [1.82, 2.24) is 10.3 Å². The van der Waals surface area contributed by atoms with E-state index in [1.54, 1.807) is 18.3 Å². The molecule has 0 radical (unpaired) electrons. The van der Waals surface area contributed by atoms with Crippen molar-refractivity contribution in [3.63, 3.8) is 0 Å². The monoisotopic (exact) mass is 358 g/mol. The number of methoxy groups -OCH3 is 2. The van der Waals surface area contributed by atoms with Gasteiger partial charge in [-0.2, -0.15) is 0 Å². The smallest absolute Gasteiger partial charge is 0.328 e. The number of esters is 1. The van der Waals surface area contributed by atoms with Crippen LogP contribution in [-0.4, -0.2) is 43.7 Å². The topological polar surface area (TPSA) is 86.8 Å². The summed E-state index contributed by atoms with van der Waals surface area (Å²) >= 11 is 0. The maximum absolute atomic E-state index is 12.1. The predicted molar refractivity (Wildman–Crippen MR) is 94.5 cm³/mol. The molecule has 1 amide bonds. The molecule has 0 aliphatic rings. The molecule has 0 unspecified atom stereocenters. The van der Waals surface area contributed by atoms with Crippen LogP contribution in [0, 0.1) is 0 Å². The lowest BCUT2D eigenvalue weighted by atomic mass is 10.1. The van der Waals surface area contributed by atoms with E-state index in [1.165, 1.54) is 14.2 Å². The normalized spacial score (nSPS) is 11.5. The third kappa shape index (κ3) is 5.86. The van der Waals surface area contributed by atoms with Gasteiger partial charge in [-0.15, -0.1) is 0 Å². The molecule has 0 aliphatic carbocycles. The second kappa shape index (κ2) is 10.1. The van der Waals surface area contributed by atoms with Crippen LogP contribution in [0.5, 0.6) is 5.88 Å². The number of nitrogens with one attached hydrogen (secondary N) is 1. The van der Waals surface area contributed by atoms with Gasteiger partial charge < -0.3 is 19.5 Å². The van der Waals surface area contributed by atoms with Gasteiger partial charge in [-0.1, -0.05) is 36.4 Å². The van der Waals surface area contributed by atoms with Gasteiger partial charge in [0.15, 0.2) is 0 Å². The largest absolute Gasteiger partial charge is 0.481 e. The number of carbonyl (C=O) groups excluding carboxylic acids is 2. The van der Waals surface area contributed by atoms with Crippen molar-refractivity contribution in [2.45, 2.75) is 19.1 Å². The lowest BCUT2D eigenvalue weighted by Crippen LogP contribution is -2.44. The SMILES string of the molecule is COC(=O)[C@H](Cc1cccnc1OC)NC(=O)COCc1ccccc1. The summed E-state index contributed by atoms with van der Waals surface area (Å²) in [6.07, 6.45) is 1.79. The minimum Gasteiger partial charge on any atom is -0.481 e. The molecule has 0 saturated carbocycles. The number of pyridine rings is 1. The van der Waals surface area contributed by atoms with Crippen molar-refractivity contribution in [2.24, 2.45) is 0 Å². The Bertz CT molecular complexity index is 721. The van der Waals surface area contributed by atoms with E-state index >= 15 is 0 Å². The quantitative estimate of drug-likeness (QED) is 0.684. The fourth-order valence-electron chi connectivity index (χ4n) is 2.39. The lowest BCUT2D eigenvalue weighted by molar-refractivity contribution is -0.145. The Balaban J connectivity index is 1.92. The maximum atomic E-state index is 12.1. The van der Waals surface area contributed by atoms with E-state index in [4.69, 9.17) is 14.2 Å². The molecule has 2 aromatic rings. The van der Waals surface area contributed by atoms with E-state index in [1.807, 2.05) is 30.3 Å². The zero-order valence-electron chi connectivity index (χ0n) is 14.8. The predicted octanol–water partition coefficient (Wildman–Crippen LogP) is 1.51. The summed E-state index contributed by atoms with van der Waals surface area (Å²) in [6.45, 7) is 0.153. The van der Waals surface area contributed by atoms with E-state index in [0.29, 0.717) is 18.1 Å². The molecule has 7 nitrogen and oxygen atoms in total. The first kappa shape index (κ1) is 19.4. The van der Waals surface area contributed by atoms with Crippen LogP contribution < -0.4 is 10.1 Å². The molecule has 0 aliphatic heterocycles. The number of amides is 1. The number of aromatic nitrogens is 1. The highest BCUT2D eigenvalue weighted by molar-refractivity contribution is 5.85. The minimum atomic E-state index is -0.856. The van der Waals surface area contributed by atoms with E-state index in [2.05, 4.69) is 10.3 Å². The Labute approximate surface area is 152 Å². The third-order valence-electron chi connectivity index (χ3n) is 3.63. The molecule has 2 rings (SSSR count). The summed E-state index contributed by atoms with van der Waals surface area (Å²) in [5.41, 5.74) is 1.65. The molecule has 138 valence electrons. The fourth-order valence-corrected chi connectivity index (χ4v) is 2.39. The standard InChI is InChI=1S/C19H22N2O5/c1-24-18-15(9-6-10-20-18)11-16(19(23)25-2)21-17(22)13-26-12-14-7-4-3-5-8-14/h3-10,16H,11-13H2,1-2H3,(H,21,22)/t16-/m0/s1. The summed E-state index contributed by atoms with van der Waals surface area (Å²) < 4.78 is 15.3. The molecule has 0 saturated heterocycles. The Hall–Kier alpha value is -2.93. The second-order valence-electron chi connectivity index (χ2n) is 5.50. The highest BCUT2D eigenvalue weighted by Crippen LogP contribution is 2.16. The van der Waals surface area contributed by atoms with Gasteiger partial charge in [0.25, 0.3) is 0 Å². The van der Waals surface area contributed by atoms with Gasteiger partial charge in [-0.25, -0.2) is 9.78 Å². The lowest BCUT2D eigenvalue weighted by Gasteiger charge is -2.17. The molecule has 0 fully saturated rings. The van der Waals surface area contributed by atoms with Crippen LogP contribution in [0.1, 0.15) is 11.1 Å². The Morgan fingerprint density at radius 2 is 1.88 bits per heavy atom. The second-order valence-corrected chi connectivity index (χ2v) is 5.50. The number of hydrogen-bond acceptors (Lipinski definition) is 6. The van der Waals surface area contributed by atoms with Crippen LogP contribution >= 0.6 is 0 Å². The zero-order valence-corrected chi connectivity index (χ0v) is 14.8. The van der Waals surface area contributed by atoms with Crippen LogP contribution in [0.15, 0.2) is 48.7 Å². The van der Waals surface area contributed by atoms with Crippen LogP contribution in [0.4, 0.5) is 0 Å². The van der Waals surface area contributed by atoms with Crippen molar-refractivity contribution in [2.75, 3.05) is 20.8 Å². The maximum Gasteiger partial charge on any atom is 0.328 e. The summed E-state index contributed by atoms with van der Waals surface area (Å²) in [7, 11) is 2.77. The van der Waals surface area contributed by atoms with Crippen LogP contribution in [0.25, 0.3) is 0 Å². The average Bonchev–Trinajstić information content (AvgIpc) is 2.68. The highest BCUT2D eigenvalue weighted by Gasteiger charge is 2.23. The van der Waals surface area contributed by atoms with Crippen molar-refractivity contribution in [1.29, 1.82) is 0 Å². The Morgan fingerprint density at radius 3 is 2.58 bits per heavy atom. The molecular formula is C19H22N2O5. The van der Waals surface area contributed by atoms with Gasteiger partial charge in [0.2, 0.25) is 11.8 Å². The van der Waals surface area contributed by atoms with Gasteiger partial charge in [0.1, 0.15) is 12.6 Å². The number of rotatable bonds is 9. The number of ether oxygens (including phenoxy) is 3. The zero-order chi connectivity index (χ0) is 18.8. The van der Waals surface area contributed by atoms with Crippen LogP contribution in [-0.2, 0) is 32.1 Å². The minimum absolute atomic E-state index is 0.160. The van der Waals surface area contributed by atoms with E-state index in [0.717, 1.165) is 5.56 Å². The number of hydrogen-bond donors (Lipinski definition) is 1. The highest BCUT2D eigenvalue weighted by atomic mass is 16.5. The summed E-state index contributed by atoms with van der Waals surface area (Å²) in [4.78, 5) is 28.2. The summed E-state index contributed by atoms with van der Waals surface area (Å²) in [6, 6.07) is 12.2. The molecule has 1 heterocycles. The van der Waals surface area contributed by atoms with Crippen LogP contribution in [0.2, 0.25) is 0 Å². The molecule has 0 spiro atoms. The first-order valence-corrected chi connectivity index (χ1v) is 8.10. The summed E-state index contributed by atoms with van der Waals surface area (Å²) in [5, 5.41) is 2.63. The fraction of sp³-hybridized carbons (Fsp3) is 0.316. The van der Waals surface area contributed by atoms with Gasteiger partial charge in [0, 0.05) is 18.2 Å². The average molecular weight is 358 g/mol. The third-order valence-corrected chi connectivity index (χ3v) is 3.63. The Morgan fingerprint density at radius 1 is 1.12 bits per heavy atom. The van der Waals surface area contributed by atoms with Crippen LogP contribution in [0.3, 0.4) is 0 Å². The van der Waals surface area contributed by atoms with Gasteiger partial charge in [-0.3, -0.25) is 4.79 Å². The van der Waals surface area contributed by atoms with Crippen molar-refractivity contribution in [3.05, 3.63) is 59.8 Å². The molecule has 7 heteroatoms. The molecule has 26 heavy (non-hydrogen) atoms. The van der Waals surface area contributed by atoms with Gasteiger partial charge >= 0.3 is 5.97 Å². The van der Waals surface area contributed by atoms with Gasteiger partial charge in [0.05, 0.1) is 20.8 Å². The van der Waals surface area contributed by atoms with E-state index in [9.17, 15) is 9.59 Å². The van der Waals surface area contributed by atoms with E-state index in [-0.39, 0.29) is 13.0 Å². The molecule has 1 aromatic carbocycles. The first-order valence-electron chi connectivity index (χ1n) is 8.10. The van der Waals surface area contributed by atoms with Crippen molar-refractivity contribution >= 4 is 11.9 Å².